The van der Waals surface area contributed by atoms with Crippen molar-refractivity contribution in [3.05, 3.63) is 59.2 Å². The molecule has 0 aliphatic heterocycles. The van der Waals surface area contributed by atoms with E-state index in [1.807, 2.05) is 6.07 Å². The van der Waals surface area contributed by atoms with Crippen molar-refractivity contribution in [1.82, 2.24) is 0 Å². The van der Waals surface area contributed by atoms with Gasteiger partial charge in [-0.25, -0.2) is 17.6 Å². The van der Waals surface area contributed by atoms with Crippen LogP contribution >= 0.6 is 0 Å². The molecule has 0 aromatic heterocycles. The zero-order valence-corrected chi connectivity index (χ0v) is 19.0. The van der Waals surface area contributed by atoms with E-state index in [0.29, 0.717) is 5.92 Å². The second-order valence-electron chi connectivity index (χ2n) is 10.1. The summed E-state index contributed by atoms with van der Waals surface area (Å²) in [6, 6.07) is 6.67. The van der Waals surface area contributed by atoms with Crippen LogP contribution in [-0.4, -0.2) is 0 Å². The van der Waals surface area contributed by atoms with Gasteiger partial charge in [-0.3, -0.25) is 0 Å². The van der Waals surface area contributed by atoms with E-state index in [0.717, 1.165) is 48.3 Å². The number of hydrogen-bond acceptors (Lipinski definition) is 0. The summed E-state index contributed by atoms with van der Waals surface area (Å²) >= 11 is 0. The maximum absolute atomic E-state index is 14.9. The van der Waals surface area contributed by atoms with E-state index in [4.69, 9.17) is 0 Å². The normalized spacial score (nSPS) is 25.5. The van der Waals surface area contributed by atoms with Crippen molar-refractivity contribution in [3.8, 4) is 11.1 Å². The highest BCUT2D eigenvalue weighted by Crippen LogP contribution is 2.48. The highest BCUT2D eigenvalue weighted by molar-refractivity contribution is 5.65. The van der Waals surface area contributed by atoms with Gasteiger partial charge in [0.15, 0.2) is 17.5 Å². The number of unbranched alkanes of at least 4 members (excludes halogenated alkanes) is 3. The van der Waals surface area contributed by atoms with E-state index in [-0.39, 0.29) is 11.1 Å². The van der Waals surface area contributed by atoms with Gasteiger partial charge in [-0.05, 0) is 85.1 Å². The molecule has 2 aliphatic carbocycles. The van der Waals surface area contributed by atoms with Crippen LogP contribution in [0, 0.1) is 41.0 Å². The Morgan fingerprint density at radius 3 is 2.19 bits per heavy atom. The predicted molar refractivity (Wildman–Crippen MR) is 121 cm³/mol. The third kappa shape index (κ3) is 5.21. The maximum atomic E-state index is 14.9. The van der Waals surface area contributed by atoms with E-state index >= 15 is 0 Å². The predicted octanol–water partition coefficient (Wildman–Crippen LogP) is 9.18. The van der Waals surface area contributed by atoms with Gasteiger partial charge in [0, 0.05) is 5.56 Å². The van der Waals surface area contributed by atoms with E-state index in [9.17, 15) is 17.6 Å². The minimum Gasteiger partial charge on any atom is -0.206 e. The SMILES string of the molecule is CCCCCCC1CCC2CC(c3ccc(-c4cc(F)c(F)c(F)c4)c(F)c3)CCC2C1. The van der Waals surface area contributed by atoms with Crippen molar-refractivity contribution in [2.75, 3.05) is 0 Å². The average Bonchev–Trinajstić information content (AvgIpc) is 2.79. The first-order valence-corrected chi connectivity index (χ1v) is 12.4. The van der Waals surface area contributed by atoms with Gasteiger partial charge in [-0.1, -0.05) is 57.6 Å². The van der Waals surface area contributed by atoms with Crippen LogP contribution in [0.5, 0.6) is 0 Å². The maximum Gasteiger partial charge on any atom is 0.194 e. The van der Waals surface area contributed by atoms with Gasteiger partial charge in [0.05, 0.1) is 0 Å². The molecule has 0 bridgehead atoms. The molecule has 2 fully saturated rings. The molecule has 4 atom stereocenters. The Hall–Kier alpha value is -1.84. The number of benzene rings is 2. The second-order valence-corrected chi connectivity index (χ2v) is 10.1. The van der Waals surface area contributed by atoms with Gasteiger partial charge in [0.25, 0.3) is 0 Å². The Bertz CT molecular complexity index is 899. The summed E-state index contributed by atoms with van der Waals surface area (Å²) in [5.41, 5.74) is 1.09. The van der Waals surface area contributed by atoms with Crippen molar-refractivity contribution in [2.24, 2.45) is 17.8 Å². The first-order valence-electron chi connectivity index (χ1n) is 12.4. The van der Waals surface area contributed by atoms with E-state index < -0.39 is 23.3 Å². The molecule has 2 saturated carbocycles. The number of hydrogen-bond donors (Lipinski definition) is 0. The Morgan fingerprint density at radius 1 is 0.750 bits per heavy atom. The second kappa shape index (κ2) is 10.4. The van der Waals surface area contributed by atoms with E-state index in [1.165, 1.54) is 63.9 Å². The first-order chi connectivity index (χ1) is 15.5. The van der Waals surface area contributed by atoms with Crippen LogP contribution in [0.15, 0.2) is 30.3 Å². The lowest BCUT2D eigenvalue weighted by molar-refractivity contribution is 0.113. The molecule has 32 heavy (non-hydrogen) atoms. The molecule has 174 valence electrons. The van der Waals surface area contributed by atoms with Crippen molar-refractivity contribution in [2.45, 2.75) is 83.5 Å². The molecule has 0 N–H and O–H groups in total. The lowest BCUT2D eigenvalue weighted by Crippen LogP contribution is -2.30. The monoisotopic (exact) mass is 446 g/mol. The van der Waals surface area contributed by atoms with Gasteiger partial charge in [-0.15, -0.1) is 0 Å². The summed E-state index contributed by atoms with van der Waals surface area (Å²) in [5, 5.41) is 0. The smallest absolute Gasteiger partial charge is 0.194 e. The fraction of sp³-hybridized carbons (Fsp3) is 0.571. The number of halogens is 4. The number of fused-ring (bicyclic) bond motifs is 1. The molecule has 2 aromatic rings. The molecular weight excluding hydrogens is 412 g/mol. The van der Waals surface area contributed by atoms with Gasteiger partial charge < -0.3 is 0 Å². The van der Waals surface area contributed by atoms with Gasteiger partial charge >= 0.3 is 0 Å². The minimum atomic E-state index is -1.53. The molecule has 2 aliphatic rings. The zero-order valence-electron chi connectivity index (χ0n) is 19.0. The summed E-state index contributed by atoms with van der Waals surface area (Å²) < 4.78 is 55.3. The topological polar surface area (TPSA) is 0 Å². The molecule has 0 radical (unpaired) electrons. The molecule has 0 nitrogen and oxygen atoms in total. The fourth-order valence-electron chi connectivity index (χ4n) is 6.14. The fourth-order valence-corrected chi connectivity index (χ4v) is 6.14. The number of rotatable bonds is 7. The summed E-state index contributed by atoms with van der Waals surface area (Å²) in [6.07, 6.45) is 14.1. The third-order valence-electron chi connectivity index (χ3n) is 7.95. The van der Waals surface area contributed by atoms with E-state index in [1.54, 1.807) is 6.07 Å². The van der Waals surface area contributed by atoms with Crippen molar-refractivity contribution >= 4 is 0 Å². The largest absolute Gasteiger partial charge is 0.206 e. The summed E-state index contributed by atoms with van der Waals surface area (Å²) in [7, 11) is 0. The van der Waals surface area contributed by atoms with Gasteiger partial charge in [-0.2, -0.15) is 0 Å². The lowest BCUT2D eigenvalue weighted by atomic mass is 9.63. The van der Waals surface area contributed by atoms with Crippen LogP contribution in [0.1, 0.15) is 89.0 Å². The molecule has 2 aromatic carbocycles. The molecule has 0 amide bonds. The van der Waals surface area contributed by atoms with Crippen LogP contribution < -0.4 is 0 Å². The average molecular weight is 447 g/mol. The van der Waals surface area contributed by atoms with Crippen LogP contribution in [-0.2, 0) is 0 Å². The third-order valence-corrected chi connectivity index (χ3v) is 7.95. The zero-order chi connectivity index (χ0) is 22.7. The first kappa shape index (κ1) is 23.3. The summed E-state index contributed by atoms with van der Waals surface area (Å²) in [6.45, 7) is 2.26. The molecule has 0 saturated heterocycles. The Labute approximate surface area is 189 Å². The highest BCUT2D eigenvalue weighted by atomic mass is 19.2. The minimum absolute atomic E-state index is 0.0198. The van der Waals surface area contributed by atoms with Crippen molar-refractivity contribution < 1.29 is 17.6 Å². The molecule has 4 unspecified atom stereocenters. The molecule has 0 spiro atoms. The van der Waals surface area contributed by atoms with Gasteiger partial charge in [0.1, 0.15) is 5.82 Å². The summed E-state index contributed by atoms with van der Waals surface area (Å²) in [4.78, 5) is 0. The van der Waals surface area contributed by atoms with Crippen LogP contribution in [0.4, 0.5) is 17.6 Å². The Kier molecular flexibility index (Phi) is 7.58. The van der Waals surface area contributed by atoms with Crippen LogP contribution in [0.3, 0.4) is 0 Å². The molecule has 4 heteroatoms. The Morgan fingerprint density at radius 2 is 1.47 bits per heavy atom. The van der Waals surface area contributed by atoms with Crippen molar-refractivity contribution in [1.29, 1.82) is 0 Å². The van der Waals surface area contributed by atoms with Crippen molar-refractivity contribution in [3.63, 3.8) is 0 Å². The molecule has 4 rings (SSSR count). The Balaban J connectivity index is 1.38. The summed E-state index contributed by atoms with van der Waals surface area (Å²) in [5.74, 6) is -1.89. The van der Waals surface area contributed by atoms with Gasteiger partial charge in [0.2, 0.25) is 0 Å². The van der Waals surface area contributed by atoms with E-state index in [2.05, 4.69) is 6.92 Å². The lowest BCUT2D eigenvalue weighted by Gasteiger charge is -2.42. The van der Waals surface area contributed by atoms with Crippen LogP contribution in [0.25, 0.3) is 11.1 Å². The highest BCUT2D eigenvalue weighted by Gasteiger charge is 2.36. The quantitative estimate of drug-likeness (QED) is 0.226. The standard InChI is InChI=1S/C28H34F4/c1-2-3-4-5-6-18-7-8-20-14-21(10-9-19(20)13-18)22-11-12-24(25(29)15-22)23-16-26(30)28(32)27(31)17-23/h11-12,15-21H,2-10,13-14H2,1H3. The molecular formula is C28H34F4. The van der Waals surface area contributed by atoms with Crippen LogP contribution in [0.2, 0.25) is 0 Å². The molecule has 0 heterocycles.